The Morgan fingerprint density at radius 2 is 1.96 bits per heavy atom. The lowest BCUT2D eigenvalue weighted by molar-refractivity contribution is -0.160. The number of β-amino-alcohol motifs (C(OH)–C–C–N with tert-alkyl or cyclic N) is 1. The number of aryl methyl sites for hydroxylation is 1. The number of nitrogens with zero attached hydrogens (tertiary/aromatic N) is 2. The molecule has 2 N–H and O–H groups in total. The van der Waals surface area contributed by atoms with Crippen molar-refractivity contribution >= 4 is 56.9 Å². The van der Waals surface area contributed by atoms with E-state index >= 15 is 0 Å². The minimum absolute atomic E-state index is 0.0247. The van der Waals surface area contributed by atoms with Crippen LogP contribution >= 0.6 is 27.5 Å². The fourth-order valence-corrected chi connectivity index (χ4v) is 8.47. The Balaban J connectivity index is 1.48. The highest BCUT2D eigenvalue weighted by Gasteiger charge is 2.77. The summed E-state index contributed by atoms with van der Waals surface area (Å²) in [5.41, 5.74) is 0.526. The molecule has 10 nitrogen and oxygen atoms in total. The van der Waals surface area contributed by atoms with E-state index in [1.165, 1.54) is 9.80 Å². The fraction of sp³-hybridized carbons (Fsp3) is 0.429. The maximum atomic E-state index is 14.7. The van der Waals surface area contributed by atoms with Gasteiger partial charge in [0.15, 0.2) is 0 Å². The second-order valence-corrected chi connectivity index (χ2v) is 13.6. The van der Waals surface area contributed by atoms with Crippen LogP contribution in [0.3, 0.4) is 0 Å². The maximum Gasteiger partial charge on any atom is 0.313 e. The number of hydrogen-bond donors (Lipinski definition) is 2. The lowest BCUT2D eigenvalue weighted by atomic mass is 9.70. The van der Waals surface area contributed by atoms with Crippen molar-refractivity contribution in [2.75, 3.05) is 31.1 Å². The lowest BCUT2D eigenvalue weighted by Crippen LogP contribution is -2.57. The van der Waals surface area contributed by atoms with Gasteiger partial charge in [-0.2, -0.15) is 0 Å². The van der Waals surface area contributed by atoms with Crippen LogP contribution in [0.5, 0.6) is 0 Å². The van der Waals surface area contributed by atoms with E-state index in [0.717, 1.165) is 5.56 Å². The highest BCUT2D eigenvalue weighted by atomic mass is 79.9. The molecule has 3 aliphatic heterocycles. The number of aliphatic hydroxyl groups is 1. The van der Waals surface area contributed by atoms with E-state index in [-0.39, 0.29) is 43.2 Å². The molecule has 3 heterocycles. The number of likely N-dealkylation sites (tertiary alicyclic amines) is 1. The van der Waals surface area contributed by atoms with Gasteiger partial charge in [0.05, 0.1) is 41.8 Å². The number of rotatable bonds is 14. The van der Waals surface area contributed by atoms with Gasteiger partial charge in [0.25, 0.3) is 5.91 Å². The summed E-state index contributed by atoms with van der Waals surface area (Å²) in [4.78, 5) is 57.9. The van der Waals surface area contributed by atoms with E-state index in [0.29, 0.717) is 22.7 Å². The maximum absolute atomic E-state index is 14.7. The Kier molecular flexibility index (Phi) is 10.9. The Morgan fingerprint density at radius 1 is 1.21 bits per heavy atom. The molecule has 3 fully saturated rings. The number of ether oxygens (including phenoxy) is 2. The van der Waals surface area contributed by atoms with Gasteiger partial charge in [0.2, 0.25) is 11.8 Å². The average molecular weight is 729 g/mol. The van der Waals surface area contributed by atoms with Crippen LogP contribution in [0.1, 0.15) is 36.5 Å². The first-order valence-corrected chi connectivity index (χ1v) is 16.9. The van der Waals surface area contributed by atoms with Crippen LogP contribution in [0.25, 0.3) is 0 Å². The fourth-order valence-electron chi connectivity index (χ4n) is 7.20. The molecule has 3 aliphatic rings. The molecule has 2 aromatic carbocycles. The van der Waals surface area contributed by atoms with Gasteiger partial charge in [-0.05, 0) is 37.0 Å². The van der Waals surface area contributed by atoms with Crippen molar-refractivity contribution < 1.29 is 33.8 Å². The van der Waals surface area contributed by atoms with Crippen molar-refractivity contribution in [3.63, 3.8) is 0 Å². The predicted molar refractivity (Wildman–Crippen MR) is 181 cm³/mol. The number of anilines is 1. The highest BCUT2D eigenvalue weighted by Crippen LogP contribution is 2.60. The van der Waals surface area contributed by atoms with Gasteiger partial charge in [-0.25, -0.2) is 0 Å². The number of esters is 1. The van der Waals surface area contributed by atoms with Crippen LogP contribution < -0.4 is 10.2 Å². The Morgan fingerprint density at radius 3 is 2.62 bits per heavy atom. The molecule has 12 heteroatoms. The van der Waals surface area contributed by atoms with Crippen LogP contribution in [0.4, 0.5) is 5.69 Å². The molecule has 47 heavy (non-hydrogen) atoms. The zero-order chi connectivity index (χ0) is 33.9. The average Bonchev–Trinajstić information content (AvgIpc) is 3.65. The van der Waals surface area contributed by atoms with E-state index in [4.69, 9.17) is 21.1 Å². The SMILES string of the molecule is C=CCCC(=O)NC[C@@H](OC(=O)[C@H]1[C@@H]2O[C@@]3(CC2Br)[C@@H]1C(=O)N(CCO)[C@@H]3C(=O)N(CC=C)c1c(C)cccc1Cl)c1ccccc1. The molecule has 3 saturated heterocycles. The van der Waals surface area contributed by atoms with E-state index in [2.05, 4.69) is 34.4 Å². The summed E-state index contributed by atoms with van der Waals surface area (Å²) in [7, 11) is 0. The molecular weight excluding hydrogens is 690 g/mol. The van der Waals surface area contributed by atoms with Crippen molar-refractivity contribution in [3.05, 3.63) is 90.0 Å². The third-order valence-electron chi connectivity index (χ3n) is 9.16. The van der Waals surface area contributed by atoms with Crippen LogP contribution in [-0.2, 0) is 28.7 Å². The van der Waals surface area contributed by atoms with Crippen LogP contribution in [-0.4, -0.2) is 82.5 Å². The summed E-state index contributed by atoms with van der Waals surface area (Å²) in [5, 5.41) is 13.2. The van der Waals surface area contributed by atoms with Crippen molar-refractivity contribution in [2.45, 2.75) is 54.9 Å². The number of carbonyl (C=O) groups excluding carboxylic acids is 4. The van der Waals surface area contributed by atoms with Crippen molar-refractivity contribution in [1.29, 1.82) is 0 Å². The number of carbonyl (C=O) groups is 4. The third-order valence-corrected chi connectivity index (χ3v) is 10.3. The largest absolute Gasteiger partial charge is 0.455 e. The molecule has 3 amide bonds. The summed E-state index contributed by atoms with van der Waals surface area (Å²) >= 11 is 10.3. The number of aliphatic hydroxyl groups excluding tert-OH is 1. The van der Waals surface area contributed by atoms with Crippen molar-refractivity contribution in [2.24, 2.45) is 11.8 Å². The van der Waals surface area contributed by atoms with Gasteiger partial charge in [-0.15, -0.1) is 13.2 Å². The number of nitrogens with one attached hydrogen (secondary N) is 1. The molecule has 2 bridgehead atoms. The summed E-state index contributed by atoms with van der Waals surface area (Å²) < 4.78 is 12.7. The second kappa shape index (κ2) is 14.7. The van der Waals surface area contributed by atoms with Crippen molar-refractivity contribution in [3.8, 4) is 0 Å². The molecule has 5 rings (SSSR count). The Hall–Kier alpha value is -3.51. The van der Waals surface area contributed by atoms with Gasteiger partial charge in [-0.1, -0.05) is 82.1 Å². The molecule has 1 unspecified atom stereocenters. The number of benzene rings is 2. The molecule has 0 aliphatic carbocycles. The smallest absolute Gasteiger partial charge is 0.313 e. The molecule has 7 atom stereocenters. The molecular formula is C35H39BrClN3O7. The summed E-state index contributed by atoms with van der Waals surface area (Å²) in [5.74, 6) is -3.89. The van der Waals surface area contributed by atoms with Crippen molar-refractivity contribution in [1.82, 2.24) is 10.2 Å². The molecule has 0 aromatic heterocycles. The zero-order valence-electron chi connectivity index (χ0n) is 26.1. The number of para-hydroxylation sites is 1. The van der Waals surface area contributed by atoms with Gasteiger partial charge in [0, 0.05) is 24.3 Å². The Labute approximate surface area is 287 Å². The quantitative estimate of drug-likeness (QED) is 0.169. The molecule has 0 radical (unpaired) electrons. The van der Waals surface area contributed by atoms with E-state index in [1.54, 1.807) is 48.6 Å². The number of fused-ring (bicyclic) bond motifs is 1. The zero-order valence-corrected chi connectivity index (χ0v) is 28.5. The number of alkyl halides is 1. The molecule has 2 aromatic rings. The predicted octanol–water partition coefficient (Wildman–Crippen LogP) is 4.27. The van der Waals surface area contributed by atoms with Crippen LogP contribution in [0, 0.1) is 18.8 Å². The Bertz CT molecular complexity index is 1520. The summed E-state index contributed by atoms with van der Waals surface area (Å²) in [6.45, 7) is 8.90. The minimum atomic E-state index is -1.37. The second-order valence-electron chi connectivity index (χ2n) is 12.0. The molecule has 0 saturated carbocycles. The monoisotopic (exact) mass is 727 g/mol. The third kappa shape index (κ3) is 6.50. The number of halogens is 2. The first-order chi connectivity index (χ1) is 22.6. The number of hydrogen-bond acceptors (Lipinski definition) is 7. The highest BCUT2D eigenvalue weighted by molar-refractivity contribution is 9.09. The van der Waals surface area contributed by atoms with Crippen LogP contribution in [0.15, 0.2) is 73.8 Å². The first-order valence-electron chi connectivity index (χ1n) is 15.6. The van der Waals surface area contributed by atoms with E-state index < -0.39 is 60.1 Å². The first kappa shape index (κ1) is 34.8. The normalized spacial score (nSPS) is 26.4. The van der Waals surface area contributed by atoms with E-state index in [1.807, 2.05) is 19.1 Å². The number of allylic oxidation sites excluding steroid dienone is 1. The minimum Gasteiger partial charge on any atom is -0.455 e. The summed E-state index contributed by atoms with van der Waals surface area (Å²) in [6.07, 6.45) is 2.66. The van der Waals surface area contributed by atoms with Gasteiger partial charge >= 0.3 is 5.97 Å². The number of amides is 3. The van der Waals surface area contributed by atoms with Gasteiger partial charge in [-0.3, -0.25) is 19.2 Å². The van der Waals surface area contributed by atoms with Crippen LogP contribution in [0.2, 0.25) is 5.02 Å². The van der Waals surface area contributed by atoms with Gasteiger partial charge in [0.1, 0.15) is 17.7 Å². The molecule has 250 valence electrons. The summed E-state index contributed by atoms with van der Waals surface area (Å²) in [6, 6.07) is 13.2. The standard InChI is InChI=1S/C35H39BrClN3O7/c1-4-6-15-26(42)38-20-25(22-12-8-7-9-13-22)46-34(45)27-28-32(43)40(17-18-41)31(35(28)19-23(36)30(27)47-35)33(44)39(16-5-2)29-21(3)11-10-14-24(29)37/h4-5,7-14,23,25,27-28,30-31,41H,1-2,6,15-20H2,3H3,(H,38,42)/t23?,25-,27-,28+,30-,31-,35+/m1/s1. The van der Waals surface area contributed by atoms with E-state index in [9.17, 15) is 24.3 Å². The topological polar surface area (TPSA) is 125 Å². The molecule has 1 spiro atoms. The van der Waals surface area contributed by atoms with Gasteiger partial charge < -0.3 is 29.7 Å². The lowest BCUT2D eigenvalue weighted by Gasteiger charge is -2.37.